The molecule has 0 aliphatic rings. The lowest BCUT2D eigenvalue weighted by Gasteiger charge is -2.09. The van der Waals surface area contributed by atoms with Crippen LogP contribution in [-0.2, 0) is 0 Å². The van der Waals surface area contributed by atoms with Gasteiger partial charge in [0.25, 0.3) is 5.91 Å². The van der Waals surface area contributed by atoms with Gasteiger partial charge in [0.1, 0.15) is 5.82 Å². The number of carbonyl (C=O) groups excluding carboxylic acids is 1. The van der Waals surface area contributed by atoms with E-state index in [9.17, 15) is 23.7 Å². The molecule has 1 atom stereocenters. The zero-order valence-corrected chi connectivity index (χ0v) is 9.47. The number of rotatable bonds is 5. The van der Waals surface area contributed by atoms with Gasteiger partial charge in [0.05, 0.1) is 29.3 Å². The van der Waals surface area contributed by atoms with Crippen LogP contribution in [0.1, 0.15) is 10.4 Å². The van der Waals surface area contributed by atoms with Gasteiger partial charge in [-0.2, -0.15) is 4.39 Å². The first-order valence-electron chi connectivity index (χ1n) is 5.07. The van der Waals surface area contributed by atoms with Crippen molar-refractivity contribution in [3.8, 4) is 0 Å². The number of benzene rings is 1. The van der Waals surface area contributed by atoms with Gasteiger partial charge in [0.15, 0.2) is 0 Å². The molecule has 0 saturated heterocycles. The summed E-state index contributed by atoms with van der Waals surface area (Å²) in [6.45, 7) is -0.981. The summed E-state index contributed by atoms with van der Waals surface area (Å²) in [6, 6.07) is 0.695. The lowest BCUT2D eigenvalue weighted by atomic mass is 10.1. The summed E-state index contributed by atoms with van der Waals surface area (Å²) in [6.07, 6.45) is -1.24. The topological polar surface area (TPSA) is 113 Å². The van der Waals surface area contributed by atoms with Crippen molar-refractivity contribution >= 4 is 11.6 Å². The Labute approximate surface area is 105 Å². The molecule has 0 spiro atoms. The third-order valence-electron chi connectivity index (χ3n) is 2.19. The van der Waals surface area contributed by atoms with E-state index in [4.69, 9.17) is 10.2 Å². The Morgan fingerprint density at radius 1 is 1.42 bits per heavy atom. The van der Waals surface area contributed by atoms with Crippen molar-refractivity contribution in [1.82, 2.24) is 5.32 Å². The van der Waals surface area contributed by atoms with Crippen LogP contribution in [-0.4, -0.2) is 40.3 Å². The van der Waals surface area contributed by atoms with Gasteiger partial charge in [-0.05, 0) is 6.07 Å². The molecule has 0 radical (unpaired) electrons. The van der Waals surface area contributed by atoms with E-state index in [1.54, 1.807) is 0 Å². The Bertz CT molecular complexity index is 509. The van der Waals surface area contributed by atoms with Crippen molar-refractivity contribution in [2.75, 3.05) is 13.2 Å². The number of aliphatic hydroxyl groups excluding tert-OH is 2. The van der Waals surface area contributed by atoms with Gasteiger partial charge in [0.2, 0.25) is 5.82 Å². The normalized spacial score (nSPS) is 12.0. The zero-order chi connectivity index (χ0) is 14.6. The Hall–Kier alpha value is -2.13. The number of hydrogen-bond acceptors (Lipinski definition) is 5. The summed E-state index contributed by atoms with van der Waals surface area (Å²) < 4.78 is 26.6. The van der Waals surface area contributed by atoms with Crippen LogP contribution in [0.3, 0.4) is 0 Å². The minimum atomic E-state index is -1.35. The first-order valence-corrected chi connectivity index (χ1v) is 5.07. The fourth-order valence-corrected chi connectivity index (χ4v) is 1.22. The van der Waals surface area contributed by atoms with Gasteiger partial charge in [-0.3, -0.25) is 14.9 Å². The Kier molecular flexibility index (Phi) is 4.84. The molecule has 0 bridgehead atoms. The fourth-order valence-electron chi connectivity index (χ4n) is 1.22. The van der Waals surface area contributed by atoms with E-state index in [0.717, 1.165) is 0 Å². The largest absolute Gasteiger partial charge is 0.394 e. The third kappa shape index (κ3) is 3.66. The lowest BCUT2D eigenvalue weighted by molar-refractivity contribution is -0.387. The van der Waals surface area contributed by atoms with Gasteiger partial charge in [-0.15, -0.1) is 0 Å². The second kappa shape index (κ2) is 6.16. The molecule has 9 heteroatoms. The number of nitro groups is 1. The number of nitro benzene ring substituents is 1. The highest BCUT2D eigenvalue weighted by Gasteiger charge is 2.22. The number of halogens is 2. The number of hydrogen-bond donors (Lipinski definition) is 3. The molecule has 104 valence electrons. The lowest BCUT2D eigenvalue weighted by Crippen LogP contribution is -2.34. The standard InChI is InChI=1S/C10H10F2N2O5/c11-7-2-9(14(18)19)8(12)1-6(7)10(17)13-3-5(16)4-15/h1-2,5,15-16H,3-4H2,(H,13,17). The van der Waals surface area contributed by atoms with Gasteiger partial charge in [0, 0.05) is 6.54 Å². The predicted octanol–water partition coefficient (Wildman–Crippen LogP) is -0.0440. The van der Waals surface area contributed by atoms with E-state index >= 15 is 0 Å². The van der Waals surface area contributed by atoms with Crippen LogP contribution in [0.25, 0.3) is 0 Å². The Morgan fingerprint density at radius 2 is 2.05 bits per heavy atom. The fraction of sp³-hybridized carbons (Fsp3) is 0.300. The maximum absolute atomic E-state index is 13.4. The number of aliphatic hydroxyl groups is 2. The summed E-state index contributed by atoms with van der Waals surface area (Å²) >= 11 is 0. The van der Waals surface area contributed by atoms with Crippen LogP contribution in [0.2, 0.25) is 0 Å². The summed E-state index contributed by atoms with van der Waals surface area (Å²) in [5.41, 5.74) is -1.81. The van der Waals surface area contributed by atoms with E-state index in [1.165, 1.54) is 0 Å². The minimum Gasteiger partial charge on any atom is -0.394 e. The van der Waals surface area contributed by atoms with E-state index < -0.39 is 46.4 Å². The van der Waals surface area contributed by atoms with Crippen LogP contribution < -0.4 is 5.32 Å². The second-order valence-electron chi connectivity index (χ2n) is 3.59. The van der Waals surface area contributed by atoms with E-state index in [2.05, 4.69) is 0 Å². The molecule has 7 nitrogen and oxygen atoms in total. The van der Waals surface area contributed by atoms with Crippen LogP contribution in [0, 0.1) is 21.7 Å². The van der Waals surface area contributed by atoms with Crippen molar-refractivity contribution in [2.45, 2.75) is 6.10 Å². The van der Waals surface area contributed by atoms with Gasteiger partial charge in [-0.1, -0.05) is 0 Å². The Balaban J connectivity index is 2.92. The molecule has 19 heavy (non-hydrogen) atoms. The molecule has 0 saturated carbocycles. The molecule has 1 rings (SSSR count). The SMILES string of the molecule is O=C(NCC(O)CO)c1cc(F)c([N+](=O)[O-])cc1F. The third-order valence-corrected chi connectivity index (χ3v) is 2.19. The van der Waals surface area contributed by atoms with Crippen LogP contribution in [0.15, 0.2) is 12.1 Å². The molecule has 0 aliphatic heterocycles. The molecular weight excluding hydrogens is 266 g/mol. The van der Waals surface area contributed by atoms with Crippen LogP contribution in [0.5, 0.6) is 0 Å². The van der Waals surface area contributed by atoms with Crippen molar-refractivity contribution in [2.24, 2.45) is 0 Å². The van der Waals surface area contributed by atoms with Crippen LogP contribution in [0.4, 0.5) is 14.5 Å². The molecule has 3 N–H and O–H groups in total. The molecule has 1 amide bonds. The molecule has 1 aromatic carbocycles. The number of nitrogens with zero attached hydrogens (tertiary/aromatic N) is 1. The molecule has 1 unspecified atom stereocenters. The molecular formula is C10H10F2N2O5. The van der Waals surface area contributed by atoms with Crippen molar-refractivity contribution in [1.29, 1.82) is 0 Å². The van der Waals surface area contributed by atoms with E-state index in [-0.39, 0.29) is 6.54 Å². The second-order valence-corrected chi connectivity index (χ2v) is 3.59. The van der Waals surface area contributed by atoms with E-state index in [0.29, 0.717) is 12.1 Å². The molecule has 0 fully saturated rings. The maximum atomic E-state index is 13.4. The Morgan fingerprint density at radius 3 is 2.58 bits per heavy atom. The van der Waals surface area contributed by atoms with E-state index in [1.807, 2.05) is 5.32 Å². The molecule has 0 aromatic heterocycles. The van der Waals surface area contributed by atoms with Gasteiger partial charge >= 0.3 is 5.69 Å². The summed E-state index contributed by atoms with van der Waals surface area (Å²) in [5.74, 6) is -3.66. The first-order chi connectivity index (χ1) is 8.86. The van der Waals surface area contributed by atoms with Gasteiger partial charge in [-0.25, -0.2) is 4.39 Å². The predicted molar refractivity (Wildman–Crippen MR) is 58.4 cm³/mol. The molecule has 0 heterocycles. The summed E-state index contributed by atoms with van der Waals surface area (Å²) in [5, 5.41) is 29.9. The van der Waals surface area contributed by atoms with Crippen molar-refractivity contribution in [3.05, 3.63) is 39.4 Å². The zero-order valence-electron chi connectivity index (χ0n) is 9.47. The first kappa shape index (κ1) is 14.9. The molecule has 0 aliphatic carbocycles. The average molecular weight is 276 g/mol. The van der Waals surface area contributed by atoms with Gasteiger partial charge < -0.3 is 15.5 Å². The quantitative estimate of drug-likeness (QED) is 0.515. The highest BCUT2D eigenvalue weighted by molar-refractivity contribution is 5.94. The minimum absolute atomic E-state index is 0.298. The number of carbonyl (C=O) groups is 1. The maximum Gasteiger partial charge on any atom is 0.307 e. The summed E-state index contributed by atoms with van der Waals surface area (Å²) in [4.78, 5) is 20.7. The highest BCUT2D eigenvalue weighted by Crippen LogP contribution is 2.21. The monoisotopic (exact) mass is 276 g/mol. The highest BCUT2D eigenvalue weighted by atomic mass is 19.1. The van der Waals surface area contributed by atoms with Crippen LogP contribution >= 0.6 is 0 Å². The average Bonchev–Trinajstić information content (AvgIpc) is 2.37. The number of amides is 1. The smallest absolute Gasteiger partial charge is 0.307 e. The molecule has 1 aromatic rings. The number of nitrogens with one attached hydrogen (secondary N) is 1. The van der Waals surface area contributed by atoms with Crippen molar-refractivity contribution in [3.63, 3.8) is 0 Å². The van der Waals surface area contributed by atoms with Crippen molar-refractivity contribution < 1.29 is 28.7 Å². The summed E-state index contributed by atoms with van der Waals surface area (Å²) in [7, 11) is 0.